The molecule has 0 aliphatic heterocycles. The molecule has 4 N–H and O–H groups in total. The number of carbonyl (C=O) groups excluding carboxylic acids is 1. The van der Waals surface area contributed by atoms with Gasteiger partial charge in [0.25, 0.3) is 5.91 Å². The van der Waals surface area contributed by atoms with Crippen molar-refractivity contribution >= 4 is 33.2 Å². The van der Waals surface area contributed by atoms with Gasteiger partial charge in [-0.2, -0.15) is 0 Å². The fourth-order valence-corrected chi connectivity index (χ4v) is 2.04. The Morgan fingerprint density at radius 3 is 2.79 bits per heavy atom. The van der Waals surface area contributed by atoms with E-state index in [9.17, 15) is 9.90 Å². The van der Waals surface area contributed by atoms with Crippen LogP contribution in [0.3, 0.4) is 0 Å². The molecular formula is C14H13BrN2O2. The van der Waals surface area contributed by atoms with Gasteiger partial charge in [0.15, 0.2) is 0 Å². The van der Waals surface area contributed by atoms with Gasteiger partial charge in [-0.1, -0.05) is 12.1 Å². The molecular weight excluding hydrogens is 308 g/mol. The first kappa shape index (κ1) is 13.4. The number of nitrogen functional groups attached to an aromatic ring is 1. The van der Waals surface area contributed by atoms with Crippen molar-refractivity contribution in [3.05, 3.63) is 52.0 Å². The summed E-state index contributed by atoms with van der Waals surface area (Å²) in [4.78, 5) is 12.1. The summed E-state index contributed by atoms with van der Waals surface area (Å²) in [5.74, 6) is -0.341. The monoisotopic (exact) mass is 320 g/mol. The summed E-state index contributed by atoms with van der Waals surface area (Å²) in [6, 6.07) is 10.1. The average Bonchev–Trinajstić information content (AvgIpc) is 2.37. The largest absolute Gasteiger partial charge is 0.506 e. The van der Waals surface area contributed by atoms with Gasteiger partial charge in [0.1, 0.15) is 5.75 Å². The third kappa shape index (κ3) is 2.88. The number of hydrogen-bond acceptors (Lipinski definition) is 3. The Bertz CT molecular complexity index is 641. The molecule has 5 heteroatoms. The zero-order valence-electron chi connectivity index (χ0n) is 10.3. The van der Waals surface area contributed by atoms with Crippen molar-refractivity contribution in [2.24, 2.45) is 0 Å². The van der Waals surface area contributed by atoms with Gasteiger partial charge >= 0.3 is 0 Å². The van der Waals surface area contributed by atoms with Crippen LogP contribution in [-0.4, -0.2) is 11.0 Å². The van der Waals surface area contributed by atoms with Crippen LogP contribution >= 0.6 is 15.9 Å². The predicted molar refractivity (Wildman–Crippen MR) is 79.4 cm³/mol. The van der Waals surface area contributed by atoms with Crippen molar-refractivity contribution in [1.82, 2.24) is 0 Å². The predicted octanol–water partition coefficient (Wildman–Crippen LogP) is 3.30. The highest BCUT2D eigenvalue weighted by molar-refractivity contribution is 9.10. The van der Waals surface area contributed by atoms with Crippen LogP contribution < -0.4 is 11.1 Å². The van der Waals surface area contributed by atoms with E-state index < -0.39 is 0 Å². The Hall–Kier alpha value is -2.01. The van der Waals surface area contributed by atoms with Crippen LogP contribution in [0.25, 0.3) is 0 Å². The van der Waals surface area contributed by atoms with Gasteiger partial charge in [-0.05, 0) is 52.7 Å². The van der Waals surface area contributed by atoms with Crippen molar-refractivity contribution in [1.29, 1.82) is 0 Å². The van der Waals surface area contributed by atoms with Gasteiger partial charge in [0.05, 0.1) is 16.9 Å². The molecule has 2 aromatic rings. The molecule has 1 amide bonds. The minimum Gasteiger partial charge on any atom is -0.506 e. The van der Waals surface area contributed by atoms with Crippen LogP contribution in [0.4, 0.5) is 11.4 Å². The van der Waals surface area contributed by atoms with Crippen molar-refractivity contribution in [3.8, 4) is 5.75 Å². The number of nitrogens with two attached hydrogens (primary N) is 1. The fraction of sp³-hybridized carbons (Fsp3) is 0.0714. The van der Waals surface area contributed by atoms with E-state index in [0.717, 1.165) is 5.56 Å². The van der Waals surface area contributed by atoms with E-state index in [1.54, 1.807) is 30.3 Å². The molecule has 0 atom stereocenters. The molecule has 0 saturated heterocycles. The second kappa shape index (κ2) is 5.32. The zero-order chi connectivity index (χ0) is 14.0. The lowest BCUT2D eigenvalue weighted by molar-refractivity contribution is 0.102. The molecule has 2 rings (SSSR count). The summed E-state index contributed by atoms with van der Waals surface area (Å²) >= 11 is 3.27. The Morgan fingerprint density at radius 1 is 1.32 bits per heavy atom. The number of para-hydroxylation sites is 1. The first-order valence-corrected chi connectivity index (χ1v) is 6.43. The van der Waals surface area contributed by atoms with Gasteiger partial charge in [0.2, 0.25) is 0 Å². The molecule has 0 heterocycles. The molecule has 19 heavy (non-hydrogen) atoms. The summed E-state index contributed by atoms with van der Waals surface area (Å²) in [6.07, 6.45) is 0. The Kier molecular flexibility index (Phi) is 3.76. The molecule has 0 aliphatic carbocycles. The molecule has 98 valence electrons. The van der Waals surface area contributed by atoms with Gasteiger partial charge in [-0.3, -0.25) is 4.79 Å². The Morgan fingerprint density at radius 2 is 2.05 bits per heavy atom. The van der Waals surface area contributed by atoms with Crippen molar-refractivity contribution in [3.63, 3.8) is 0 Å². The lowest BCUT2D eigenvalue weighted by Gasteiger charge is -2.10. The quantitative estimate of drug-likeness (QED) is 0.587. The van der Waals surface area contributed by atoms with E-state index >= 15 is 0 Å². The number of rotatable bonds is 2. The summed E-state index contributed by atoms with van der Waals surface area (Å²) in [7, 11) is 0. The highest BCUT2D eigenvalue weighted by Crippen LogP contribution is 2.27. The molecule has 0 aliphatic rings. The second-order valence-corrected chi connectivity index (χ2v) is 5.03. The molecule has 0 unspecified atom stereocenters. The zero-order valence-corrected chi connectivity index (χ0v) is 11.9. The van der Waals surface area contributed by atoms with E-state index in [0.29, 0.717) is 21.4 Å². The molecule has 0 bridgehead atoms. The maximum Gasteiger partial charge on any atom is 0.257 e. The highest BCUT2D eigenvalue weighted by Gasteiger charge is 2.13. The number of phenolic OH excluding ortho intramolecular Hbond substituents is 1. The summed E-state index contributed by atoms with van der Waals surface area (Å²) in [5.41, 5.74) is 7.86. The lowest BCUT2D eigenvalue weighted by atomic mass is 10.1. The number of aryl methyl sites for hydroxylation is 1. The molecule has 0 radical (unpaired) electrons. The van der Waals surface area contributed by atoms with Gasteiger partial charge in [-0.25, -0.2) is 0 Å². The number of amides is 1. The number of halogens is 1. The third-order valence-electron chi connectivity index (χ3n) is 2.70. The van der Waals surface area contributed by atoms with Crippen LogP contribution in [0.15, 0.2) is 40.9 Å². The Labute approximate surface area is 119 Å². The number of anilines is 2. The second-order valence-electron chi connectivity index (χ2n) is 4.18. The lowest BCUT2D eigenvalue weighted by Crippen LogP contribution is -2.14. The maximum absolute atomic E-state index is 12.1. The van der Waals surface area contributed by atoms with Crippen LogP contribution in [0.1, 0.15) is 15.9 Å². The normalized spacial score (nSPS) is 10.2. The molecule has 0 aromatic heterocycles. The number of nitrogens with one attached hydrogen (secondary N) is 1. The van der Waals surface area contributed by atoms with E-state index in [1.165, 1.54) is 6.07 Å². The third-order valence-corrected chi connectivity index (χ3v) is 3.39. The van der Waals surface area contributed by atoms with E-state index in [1.807, 2.05) is 6.92 Å². The smallest absolute Gasteiger partial charge is 0.257 e. The first-order valence-electron chi connectivity index (χ1n) is 5.64. The molecule has 0 saturated carbocycles. The highest BCUT2D eigenvalue weighted by atomic mass is 79.9. The fourth-order valence-electron chi connectivity index (χ4n) is 1.67. The topological polar surface area (TPSA) is 75.3 Å². The molecule has 4 nitrogen and oxygen atoms in total. The van der Waals surface area contributed by atoms with Crippen LogP contribution in [0.2, 0.25) is 0 Å². The number of phenols is 1. The summed E-state index contributed by atoms with van der Waals surface area (Å²) < 4.78 is 0.661. The molecule has 0 fully saturated rings. The van der Waals surface area contributed by atoms with E-state index in [2.05, 4.69) is 21.2 Å². The van der Waals surface area contributed by atoms with Crippen LogP contribution in [0.5, 0.6) is 5.75 Å². The van der Waals surface area contributed by atoms with E-state index in [4.69, 9.17) is 5.73 Å². The summed E-state index contributed by atoms with van der Waals surface area (Å²) in [5, 5.41) is 12.3. The maximum atomic E-state index is 12.1. The van der Waals surface area contributed by atoms with Gasteiger partial charge in [0, 0.05) is 4.47 Å². The number of benzene rings is 2. The Balaban J connectivity index is 2.31. The van der Waals surface area contributed by atoms with Crippen molar-refractivity contribution in [2.45, 2.75) is 6.92 Å². The van der Waals surface area contributed by atoms with Crippen molar-refractivity contribution in [2.75, 3.05) is 11.1 Å². The van der Waals surface area contributed by atoms with Crippen molar-refractivity contribution < 1.29 is 9.90 Å². The summed E-state index contributed by atoms with van der Waals surface area (Å²) in [6.45, 7) is 1.88. The van der Waals surface area contributed by atoms with Crippen LogP contribution in [0, 0.1) is 6.92 Å². The number of aromatic hydroxyl groups is 1. The van der Waals surface area contributed by atoms with E-state index in [-0.39, 0.29) is 11.7 Å². The minimum absolute atomic E-state index is 0.0209. The standard InChI is InChI=1S/C14H13BrN2O2/c1-8-5-6-12(18)11(7-8)17-14(19)9-3-2-4-10(15)13(9)16/h2-7,18H,16H2,1H3,(H,17,19). The number of carbonyl (C=O) groups is 1. The minimum atomic E-state index is -0.361. The van der Waals surface area contributed by atoms with Gasteiger partial charge < -0.3 is 16.2 Å². The molecule has 0 spiro atoms. The number of hydrogen-bond donors (Lipinski definition) is 3. The average molecular weight is 321 g/mol. The first-order chi connectivity index (χ1) is 8.99. The van der Waals surface area contributed by atoms with Gasteiger partial charge in [-0.15, -0.1) is 0 Å². The van der Waals surface area contributed by atoms with Crippen LogP contribution in [-0.2, 0) is 0 Å². The molecule has 2 aromatic carbocycles. The SMILES string of the molecule is Cc1ccc(O)c(NC(=O)c2cccc(Br)c2N)c1.